The Balaban J connectivity index is 0.000000181. The third-order valence-corrected chi connectivity index (χ3v) is 12.3. The van der Waals surface area contributed by atoms with E-state index in [-0.39, 0.29) is 11.9 Å². The minimum absolute atomic E-state index is 0.192. The summed E-state index contributed by atoms with van der Waals surface area (Å²) < 4.78 is 43.6. The fraction of sp³-hybridized carbons (Fsp3) is 0.364. The maximum Gasteiger partial charge on any atom is 0.387 e. The van der Waals surface area contributed by atoms with E-state index in [2.05, 4.69) is 62.3 Å². The summed E-state index contributed by atoms with van der Waals surface area (Å²) in [7, 11) is 0. The van der Waals surface area contributed by atoms with Crippen LogP contribution in [0.4, 0.5) is 19.0 Å². The molecule has 0 saturated carbocycles. The first-order chi connectivity index (χ1) is 29.1. The molecule has 2 aromatic heterocycles. The van der Waals surface area contributed by atoms with Crippen molar-refractivity contribution in [1.29, 1.82) is 0 Å². The normalized spacial score (nSPS) is 15.0. The van der Waals surface area contributed by atoms with Crippen LogP contribution < -0.4 is 19.3 Å². The fourth-order valence-corrected chi connectivity index (χ4v) is 8.60. The molecule has 8 rings (SSSR count). The van der Waals surface area contributed by atoms with Crippen molar-refractivity contribution < 1.29 is 18.3 Å². The highest BCUT2D eigenvalue weighted by Gasteiger charge is 2.22. The molecule has 0 spiro atoms. The van der Waals surface area contributed by atoms with Gasteiger partial charge in [-0.15, -0.1) is 0 Å². The predicted octanol–water partition coefficient (Wildman–Crippen LogP) is 9.83. The standard InChI is InChI=1S/C23H27ClN4OS.C21H21ClF2N4OS/c1-17(2)29-21-9-3-18(4-10-21)11-12-27-13-15-28(16-14-27)23-25-22(26-30-23)19-5-7-20(24)8-6-19;22-17-5-3-16(4-6-17)19-25-21(30-26-19)28-13-11-27(12-14-28)10-9-15-1-7-18(8-2-15)29-20(23)24/h3-10,17H,11-16H2,1-2H3;1-8,20H,9-14H2. The van der Waals surface area contributed by atoms with Crippen molar-refractivity contribution in [1.82, 2.24) is 28.5 Å². The molecule has 10 nitrogen and oxygen atoms in total. The van der Waals surface area contributed by atoms with Crippen LogP contribution in [0.1, 0.15) is 25.0 Å². The number of alkyl halides is 2. The third kappa shape index (κ3) is 12.8. The molecule has 2 aliphatic rings. The second kappa shape index (κ2) is 21.4. The van der Waals surface area contributed by atoms with Crippen molar-refractivity contribution in [2.24, 2.45) is 0 Å². The molecule has 4 heterocycles. The zero-order valence-corrected chi connectivity index (χ0v) is 36.7. The largest absolute Gasteiger partial charge is 0.491 e. The summed E-state index contributed by atoms with van der Waals surface area (Å²) in [5, 5.41) is 3.36. The maximum atomic E-state index is 12.2. The van der Waals surface area contributed by atoms with Crippen LogP contribution in [0.5, 0.6) is 11.5 Å². The molecule has 0 bridgehead atoms. The zero-order chi connectivity index (χ0) is 41.8. The lowest BCUT2D eigenvalue weighted by Gasteiger charge is -2.34. The molecular weight excluding hydrogens is 846 g/mol. The van der Waals surface area contributed by atoms with Crippen LogP contribution in [0.15, 0.2) is 97.1 Å². The van der Waals surface area contributed by atoms with Crippen LogP contribution in [0.3, 0.4) is 0 Å². The highest BCUT2D eigenvalue weighted by atomic mass is 35.5. The van der Waals surface area contributed by atoms with Gasteiger partial charge in [0.2, 0.25) is 10.3 Å². The lowest BCUT2D eigenvalue weighted by Crippen LogP contribution is -2.47. The predicted molar refractivity (Wildman–Crippen MR) is 241 cm³/mol. The highest BCUT2D eigenvalue weighted by molar-refractivity contribution is 7.10. The van der Waals surface area contributed by atoms with Crippen molar-refractivity contribution in [2.75, 3.05) is 75.2 Å². The first-order valence-electron chi connectivity index (χ1n) is 20.1. The summed E-state index contributed by atoms with van der Waals surface area (Å²) in [6, 6.07) is 30.6. The van der Waals surface area contributed by atoms with Gasteiger partial charge in [0, 0.05) is 110 Å². The van der Waals surface area contributed by atoms with Crippen molar-refractivity contribution in [3.63, 3.8) is 0 Å². The second-order valence-corrected chi connectivity index (χ2v) is 17.1. The van der Waals surface area contributed by atoms with Gasteiger partial charge in [0.25, 0.3) is 0 Å². The number of nitrogens with zero attached hydrogens (tertiary/aromatic N) is 8. The molecule has 2 saturated heterocycles. The molecule has 0 amide bonds. The molecule has 6 aromatic rings. The van der Waals surface area contributed by atoms with E-state index in [1.165, 1.54) is 28.6 Å². The molecular formula is C44H48Cl2F2N8O2S2. The van der Waals surface area contributed by atoms with Crippen LogP contribution >= 0.6 is 46.3 Å². The minimum atomic E-state index is -2.79. The summed E-state index contributed by atoms with van der Waals surface area (Å²) in [5.74, 6) is 2.64. The number of piperazine rings is 2. The first kappa shape index (κ1) is 43.6. The molecule has 0 unspecified atom stereocenters. The molecule has 2 aliphatic heterocycles. The number of rotatable bonds is 14. The van der Waals surface area contributed by atoms with E-state index in [0.717, 1.165) is 128 Å². The first-order valence-corrected chi connectivity index (χ1v) is 22.4. The summed E-state index contributed by atoms with van der Waals surface area (Å²) in [6.45, 7) is 11.1. The minimum Gasteiger partial charge on any atom is -0.491 e. The SMILES string of the molecule is CC(C)Oc1ccc(CCN2CCN(c3nc(-c4ccc(Cl)cc4)ns3)CC2)cc1.FC(F)Oc1ccc(CCN2CCN(c3nc(-c4ccc(Cl)cc4)ns3)CC2)cc1. The summed E-state index contributed by atoms with van der Waals surface area (Å²) in [5.41, 5.74) is 4.43. The van der Waals surface area contributed by atoms with E-state index in [4.69, 9.17) is 32.9 Å². The average Bonchev–Trinajstić information content (AvgIpc) is 3.96. The summed E-state index contributed by atoms with van der Waals surface area (Å²) in [6.07, 6.45) is 2.14. The van der Waals surface area contributed by atoms with Gasteiger partial charge in [-0.3, -0.25) is 9.80 Å². The summed E-state index contributed by atoms with van der Waals surface area (Å²) >= 11 is 14.8. The number of anilines is 2. The van der Waals surface area contributed by atoms with Crippen LogP contribution in [0, 0.1) is 0 Å². The molecule has 0 atom stereocenters. The van der Waals surface area contributed by atoms with Crippen LogP contribution in [0.25, 0.3) is 22.8 Å². The van der Waals surface area contributed by atoms with Gasteiger partial charge >= 0.3 is 6.61 Å². The average molecular weight is 894 g/mol. The Morgan fingerprint density at radius 2 is 0.933 bits per heavy atom. The Labute approximate surface area is 368 Å². The van der Waals surface area contributed by atoms with Gasteiger partial charge in [-0.2, -0.15) is 27.5 Å². The Morgan fingerprint density at radius 3 is 1.30 bits per heavy atom. The van der Waals surface area contributed by atoms with Gasteiger partial charge in [0.05, 0.1) is 6.10 Å². The zero-order valence-electron chi connectivity index (χ0n) is 33.6. The lowest BCUT2D eigenvalue weighted by molar-refractivity contribution is -0.0498. The van der Waals surface area contributed by atoms with E-state index in [1.54, 1.807) is 12.1 Å². The topological polar surface area (TPSA) is 83.0 Å². The second-order valence-electron chi connectivity index (χ2n) is 14.8. The van der Waals surface area contributed by atoms with E-state index in [1.807, 2.05) is 74.5 Å². The van der Waals surface area contributed by atoms with Crippen molar-refractivity contribution in [2.45, 2.75) is 39.4 Å². The number of aromatic nitrogens is 4. The Bertz CT molecular complexity index is 2040. The molecule has 316 valence electrons. The number of halogens is 4. The number of hydrogen-bond donors (Lipinski definition) is 0. The van der Waals surface area contributed by atoms with E-state index in [0.29, 0.717) is 5.02 Å². The quantitative estimate of drug-likeness (QED) is 0.105. The number of benzene rings is 4. The van der Waals surface area contributed by atoms with E-state index >= 15 is 0 Å². The molecule has 0 aliphatic carbocycles. The Morgan fingerprint density at radius 1 is 0.550 bits per heavy atom. The van der Waals surface area contributed by atoms with Crippen LogP contribution in [-0.4, -0.2) is 107 Å². The Kier molecular flexibility index (Phi) is 15.6. The van der Waals surface area contributed by atoms with Crippen LogP contribution in [-0.2, 0) is 12.8 Å². The van der Waals surface area contributed by atoms with Gasteiger partial charge in [-0.25, -0.2) is 0 Å². The molecule has 4 aromatic carbocycles. The fourth-order valence-electron chi connectivity index (χ4n) is 6.86. The van der Waals surface area contributed by atoms with Crippen molar-refractivity contribution >= 4 is 56.5 Å². The van der Waals surface area contributed by atoms with Gasteiger partial charge in [0.1, 0.15) is 11.5 Å². The van der Waals surface area contributed by atoms with Gasteiger partial charge < -0.3 is 19.3 Å². The van der Waals surface area contributed by atoms with E-state index in [9.17, 15) is 8.78 Å². The van der Waals surface area contributed by atoms with Gasteiger partial charge in [-0.05, 0) is 111 Å². The van der Waals surface area contributed by atoms with Crippen molar-refractivity contribution in [3.8, 4) is 34.3 Å². The van der Waals surface area contributed by atoms with Crippen molar-refractivity contribution in [3.05, 3.63) is 118 Å². The Hall–Kier alpha value is -4.44. The van der Waals surface area contributed by atoms with Gasteiger partial charge in [-0.1, -0.05) is 47.5 Å². The maximum absolute atomic E-state index is 12.2. The molecule has 60 heavy (non-hydrogen) atoms. The number of ether oxygens (including phenoxy) is 2. The summed E-state index contributed by atoms with van der Waals surface area (Å²) in [4.78, 5) is 19.0. The number of hydrogen-bond acceptors (Lipinski definition) is 12. The molecule has 0 N–H and O–H groups in total. The monoisotopic (exact) mass is 892 g/mol. The van der Waals surface area contributed by atoms with E-state index < -0.39 is 6.61 Å². The molecule has 0 radical (unpaired) electrons. The van der Waals surface area contributed by atoms with Gasteiger partial charge in [0.15, 0.2) is 11.6 Å². The third-order valence-electron chi connectivity index (χ3n) is 10.2. The molecule has 2 fully saturated rings. The highest BCUT2D eigenvalue weighted by Crippen LogP contribution is 2.28. The lowest BCUT2D eigenvalue weighted by atomic mass is 10.1. The van der Waals surface area contributed by atoms with Crippen LogP contribution in [0.2, 0.25) is 10.0 Å². The molecule has 16 heteroatoms. The smallest absolute Gasteiger partial charge is 0.387 e.